The van der Waals surface area contributed by atoms with Crippen molar-refractivity contribution >= 4 is 17.4 Å². The zero-order valence-corrected chi connectivity index (χ0v) is 10.5. The number of carbonyl (C=O) groups is 1. The van der Waals surface area contributed by atoms with Crippen molar-refractivity contribution in [2.75, 3.05) is 0 Å². The van der Waals surface area contributed by atoms with E-state index in [0.717, 1.165) is 31.4 Å². The third-order valence-corrected chi connectivity index (χ3v) is 2.86. The van der Waals surface area contributed by atoms with Gasteiger partial charge in [-0.25, -0.2) is 8.78 Å². The van der Waals surface area contributed by atoms with Crippen LogP contribution in [0.2, 0.25) is 5.02 Å². The first-order chi connectivity index (χ1) is 8.06. The topological polar surface area (TPSA) is 17.1 Å². The van der Waals surface area contributed by atoms with Crippen LogP contribution in [-0.2, 0) is 0 Å². The van der Waals surface area contributed by atoms with Crippen molar-refractivity contribution in [3.63, 3.8) is 0 Å². The van der Waals surface area contributed by atoms with E-state index >= 15 is 0 Å². The van der Waals surface area contributed by atoms with E-state index in [4.69, 9.17) is 11.6 Å². The van der Waals surface area contributed by atoms with Crippen molar-refractivity contribution in [2.24, 2.45) is 0 Å². The minimum absolute atomic E-state index is 0.205. The monoisotopic (exact) mass is 260 g/mol. The Bertz CT molecular complexity index is 405. The Morgan fingerprint density at radius 1 is 1.18 bits per heavy atom. The summed E-state index contributed by atoms with van der Waals surface area (Å²) >= 11 is 5.41. The van der Waals surface area contributed by atoms with Gasteiger partial charge in [-0.2, -0.15) is 0 Å². The fourth-order valence-corrected chi connectivity index (χ4v) is 1.73. The first kappa shape index (κ1) is 14.1. The molecular weight excluding hydrogens is 246 g/mol. The molecule has 0 unspecified atom stereocenters. The molecule has 0 fully saturated rings. The van der Waals surface area contributed by atoms with Crippen LogP contribution in [0.1, 0.15) is 49.4 Å². The lowest BCUT2D eigenvalue weighted by Crippen LogP contribution is -2.03. The Hall–Kier alpha value is -0.960. The Morgan fingerprint density at radius 2 is 1.88 bits per heavy atom. The number of ketones is 1. The molecule has 0 aromatic heterocycles. The lowest BCUT2D eigenvalue weighted by molar-refractivity contribution is 0.0974. The molecule has 0 amide bonds. The van der Waals surface area contributed by atoms with Crippen LogP contribution in [-0.4, -0.2) is 5.78 Å². The van der Waals surface area contributed by atoms with Gasteiger partial charge in [-0.15, -0.1) is 0 Å². The van der Waals surface area contributed by atoms with Crippen molar-refractivity contribution < 1.29 is 13.6 Å². The summed E-state index contributed by atoms with van der Waals surface area (Å²) in [7, 11) is 0. The molecule has 0 saturated heterocycles. The molecule has 0 atom stereocenters. The summed E-state index contributed by atoms with van der Waals surface area (Å²) in [6.45, 7) is 2.07. The minimum Gasteiger partial charge on any atom is -0.294 e. The second-order valence-corrected chi connectivity index (χ2v) is 4.39. The lowest BCUT2D eigenvalue weighted by atomic mass is 10.0. The molecule has 0 saturated carbocycles. The molecule has 0 aliphatic carbocycles. The maximum Gasteiger partial charge on any atom is 0.165 e. The SMILES string of the molecule is CCCCCCC(=O)c1cc(F)c(Cl)cc1F. The van der Waals surface area contributed by atoms with Gasteiger partial charge in [0.2, 0.25) is 0 Å². The highest BCUT2D eigenvalue weighted by Crippen LogP contribution is 2.21. The molecule has 0 bridgehead atoms. The van der Waals surface area contributed by atoms with Crippen LogP contribution in [0.5, 0.6) is 0 Å². The number of unbranched alkanes of at least 4 members (excludes halogenated alkanes) is 3. The summed E-state index contributed by atoms with van der Waals surface area (Å²) in [5.74, 6) is -1.88. The first-order valence-corrected chi connectivity index (χ1v) is 6.11. The highest BCUT2D eigenvalue weighted by atomic mass is 35.5. The normalized spacial score (nSPS) is 10.6. The molecule has 0 aliphatic rings. The summed E-state index contributed by atoms with van der Waals surface area (Å²) in [4.78, 5) is 11.6. The van der Waals surface area contributed by atoms with Crippen LogP contribution in [0.3, 0.4) is 0 Å². The van der Waals surface area contributed by atoms with Crippen molar-refractivity contribution in [2.45, 2.75) is 39.0 Å². The number of rotatable bonds is 6. The molecule has 17 heavy (non-hydrogen) atoms. The molecule has 0 aliphatic heterocycles. The van der Waals surface area contributed by atoms with Crippen LogP contribution >= 0.6 is 11.6 Å². The zero-order chi connectivity index (χ0) is 12.8. The van der Waals surface area contributed by atoms with E-state index in [2.05, 4.69) is 6.92 Å². The van der Waals surface area contributed by atoms with Crippen molar-refractivity contribution in [3.8, 4) is 0 Å². The molecule has 1 aromatic rings. The van der Waals surface area contributed by atoms with Gasteiger partial charge in [-0.1, -0.05) is 37.8 Å². The third-order valence-electron chi connectivity index (χ3n) is 2.57. The van der Waals surface area contributed by atoms with Crippen LogP contribution in [0.25, 0.3) is 0 Å². The molecule has 1 aromatic carbocycles. The standard InChI is InChI=1S/C13H15ClF2O/c1-2-3-4-5-6-13(17)9-7-12(16)10(14)8-11(9)15/h7-8H,2-6H2,1H3. The van der Waals surface area contributed by atoms with E-state index < -0.39 is 11.6 Å². The van der Waals surface area contributed by atoms with Gasteiger partial charge in [-0.05, 0) is 18.6 Å². The summed E-state index contributed by atoms with van der Waals surface area (Å²) in [6.07, 6.45) is 4.00. The largest absolute Gasteiger partial charge is 0.294 e. The molecule has 94 valence electrons. The van der Waals surface area contributed by atoms with Gasteiger partial charge < -0.3 is 0 Å². The van der Waals surface area contributed by atoms with E-state index in [-0.39, 0.29) is 22.8 Å². The van der Waals surface area contributed by atoms with E-state index in [1.54, 1.807) is 0 Å². The Morgan fingerprint density at radius 3 is 2.53 bits per heavy atom. The second-order valence-electron chi connectivity index (χ2n) is 3.98. The highest BCUT2D eigenvalue weighted by molar-refractivity contribution is 6.30. The van der Waals surface area contributed by atoms with Gasteiger partial charge in [0.25, 0.3) is 0 Å². The van der Waals surface area contributed by atoms with Gasteiger partial charge in [0.1, 0.15) is 11.6 Å². The summed E-state index contributed by atoms with van der Waals surface area (Å²) in [5, 5.41) is -0.301. The van der Waals surface area contributed by atoms with Crippen molar-refractivity contribution in [3.05, 3.63) is 34.4 Å². The van der Waals surface area contributed by atoms with Gasteiger partial charge >= 0.3 is 0 Å². The predicted octanol–water partition coefficient (Wildman–Crippen LogP) is 4.77. The molecule has 0 heterocycles. The number of benzene rings is 1. The van der Waals surface area contributed by atoms with Crippen molar-refractivity contribution in [1.82, 2.24) is 0 Å². The third kappa shape index (κ3) is 4.08. The van der Waals surface area contributed by atoms with E-state index in [1.807, 2.05) is 0 Å². The highest BCUT2D eigenvalue weighted by Gasteiger charge is 2.14. The number of hydrogen-bond acceptors (Lipinski definition) is 1. The molecular formula is C13H15ClF2O. The van der Waals surface area contributed by atoms with E-state index in [0.29, 0.717) is 6.42 Å². The number of halogens is 3. The zero-order valence-electron chi connectivity index (χ0n) is 9.73. The Labute approximate surface area is 105 Å². The van der Waals surface area contributed by atoms with Crippen LogP contribution < -0.4 is 0 Å². The fourth-order valence-electron chi connectivity index (χ4n) is 1.58. The number of hydrogen-bond donors (Lipinski definition) is 0. The summed E-state index contributed by atoms with van der Waals surface area (Å²) in [6, 6.07) is 1.72. The number of Topliss-reactive ketones (excluding diaryl/α,β-unsaturated/α-hetero) is 1. The van der Waals surface area contributed by atoms with Crippen molar-refractivity contribution in [1.29, 1.82) is 0 Å². The Balaban J connectivity index is 2.66. The Kier molecular flexibility index (Phi) is 5.56. The molecule has 0 radical (unpaired) electrons. The average molecular weight is 261 g/mol. The molecule has 1 rings (SSSR count). The predicted molar refractivity (Wildman–Crippen MR) is 64.5 cm³/mol. The van der Waals surface area contributed by atoms with Gasteiger partial charge in [-0.3, -0.25) is 4.79 Å². The van der Waals surface area contributed by atoms with Crippen LogP contribution in [0.15, 0.2) is 12.1 Å². The maximum atomic E-state index is 13.4. The average Bonchev–Trinajstić information content (AvgIpc) is 2.29. The smallest absolute Gasteiger partial charge is 0.165 e. The van der Waals surface area contributed by atoms with Crippen LogP contribution in [0, 0.1) is 11.6 Å². The molecule has 1 nitrogen and oxygen atoms in total. The maximum absolute atomic E-state index is 13.4. The lowest BCUT2D eigenvalue weighted by Gasteiger charge is -2.04. The molecule has 0 N–H and O–H groups in total. The fraction of sp³-hybridized carbons (Fsp3) is 0.462. The minimum atomic E-state index is -0.759. The van der Waals surface area contributed by atoms with Gasteiger partial charge in [0.15, 0.2) is 5.78 Å². The summed E-state index contributed by atoms with van der Waals surface area (Å²) < 4.78 is 26.5. The molecule has 0 spiro atoms. The first-order valence-electron chi connectivity index (χ1n) is 5.74. The van der Waals surface area contributed by atoms with Crippen LogP contribution in [0.4, 0.5) is 8.78 Å². The van der Waals surface area contributed by atoms with E-state index in [9.17, 15) is 13.6 Å². The van der Waals surface area contributed by atoms with Gasteiger partial charge in [0.05, 0.1) is 10.6 Å². The second kappa shape index (κ2) is 6.70. The van der Waals surface area contributed by atoms with Gasteiger partial charge in [0, 0.05) is 6.42 Å². The van der Waals surface area contributed by atoms with E-state index in [1.165, 1.54) is 0 Å². The summed E-state index contributed by atoms with van der Waals surface area (Å²) in [5.41, 5.74) is -0.205. The molecule has 4 heteroatoms. The number of carbonyl (C=O) groups excluding carboxylic acids is 1. The quantitative estimate of drug-likeness (QED) is 0.409.